The van der Waals surface area contributed by atoms with Crippen LogP contribution in [0.25, 0.3) is 5.69 Å². The Morgan fingerprint density at radius 2 is 1.58 bits per heavy atom. The molecule has 156 valence electrons. The van der Waals surface area contributed by atoms with Gasteiger partial charge in [0.2, 0.25) is 0 Å². The Balaban J connectivity index is 1.74. The lowest BCUT2D eigenvalue weighted by Gasteiger charge is -2.17. The summed E-state index contributed by atoms with van der Waals surface area (Å²) in [7, 11) is 1.63. The summed E-state index contributed by atoms with van der Waals surface area (Å²) in [5.41, 5.74) is 4.69. The number of benzene rings is 3. The van der Waals surface area contributed by atoms with Gasteiger partial charge in [0.05, 0.1) is 12.8 Å². The summed E-state index contributed by atoms with van der Waals surface area (Å²) < 4.78 is 7.36. The van der Waals surface area contributed by atoms with Gasteiger partial charge in [-0.25, -0.2) is 0 Å². The third kappa shape index (κ3) is 4.54. The minimum absolute atomic E-state index is 0.0310. The van der Waals surface area contributed by atoms with Crippen molar-refractivity contribution < 1.29 is 9.53 Å². The maximum atomic E-state index is 13.5. The molecule has 0 N–H and O–H groups in total. The predicted molar refractivity (Wildman–Crippen MR) is 123 cm³/mol. The van der Waals surface area contributed by atoms with Crippen LogP contribution in [0, 0.1) is 13.8 Å². The quantitative estimate of drug-likeness (QED) is 0.282. The number of aromatic nitrogens is 3. The van der Waals surface area contributed by atoms with Gasteiger partial charge < -0.3 is 4.74 Å². The van der Waals surface area contributed by atoms with Crippen LogP contribution in [-0.4, -0.2) is 27.7 Å². The summed E-state index contributed by atoms with van der Waals surface area (Å²) in [4.78, 5) is 13.5. The van der Waals surface area contributed by atoms with E-state index in [4.69, 9.17) is 4.74 Å². The van der Waals surface area contributed by atoms with E-state index in [-0.39, 0.29) is 5.78 Å². The van der Waals surface area contributed by atoms with Crippen LogP contribution in [0.15, 0.2) is 84.3 Å². The number of nitrogens with zero attached hydrogens (tertiary/aromatic N) is 3. The van der Waals surface area contributed by atoms with E-state index in [0.717, 1.165) is 22.4 Å². The fourth-order valence-corrected chi connectivity index (χ4v) is 4.39. The summed E-state index contributed by atoms with van der Waals surface area (Å²) in [6.45, 7) is 4.04. The molecule has 0 unspecified atom stereocenters. The van der Waals surface area contributed by atoms with Crippen LogP contribution in [0.2, 0.25) is 0 Å². The highest BCUT2D eigenvalue weighted by atomic mass is 32.2. The van der Waals surface area contributed by atoms with E-state index < -0.39 is 5.25 Å². The van der Waals surface area contributed by atoms with Gasteiger partial charge in [-0.1, -0.05) is 83.6 Å². The normalized spacial score (nSPS) is 11.8. The van der Waals surface area contributed by atoms with Crippen LogP contribution in [0.1, 0.15) is 32.3 Å². The molecule has 31 heavy (non-hydrogen) atoms. The first-order chi connectivity index (χ1) is 15.1. The highest BCUT2D eigenvalue weighted by molar-refractivity contribution is 8.00. The number of hydrogen-bond acceptors (Lipinski definition) is 5. The van der Waals surface area contributed by atoms with Gasteiger partial charge in [-0.3, -0.25) is 9.36 Å². The minimum Gasteiger partial charge on any atom is -0.495 e. The lowest BCUT2D eigenvalue weighted by molar-refractivity contribution is 0.0989. The first-order valence-electron chi connectivity index (χ1n) is 9.94. The summed E-state index contributed by atoms with van der Waals surface area (Å²) in [5.74, 6) is 0.740. The van der Waals surface area contributed by atoms with Gasteiger partial charge in [0.25, 0.3) is 0 Å². The van der Waals surface area contributed by atoms with E-state index in [1.807, 2.05) is 91.2 Å². The van der Waals surface area contributed by atoms with Crippen molar-refractivity contribution in [2.45, 2.75) is 24.3 Å². The molecule has 0 aliphatic carbocycles. The fraction of sp³-hybridized carbons (Fsp3) is 0.160. The monoisotopic (exact) mass is 429 g/mol. The number of hydrogen-bond donors (Lipinski definition) is 0. The number of para-hydroxylation sites is 2. The third-order valence-electron chi connectivity index (χ3n) is 5.04. The number of ketones is 1. The van der Waals surface area contributed by atoms with Crippen molar-refractivity contribution in [3.8, 4) is 11.4 Å². The van der Waals surface area contributed by atoms with Gasteiger partial charge in [0.15, 0.2) is 10.9 Å². The highest BCUT2D eigenvalue weighted by Gasteiger charge is 2.26. The molecule has 0 aliphatic heterocycles. The van der Waals surface area contributed by atoms with Crippen molar-refractivity contribution in [3.63, 3.8) is 0 Å². The zero-order valence-electron chi connectivity index (χ0n) is 17.6. The fourth-order valence-electron chi connectivity index (χ4n) is 3.29. The standard InChI is InChI=1S/C25H23N3O2S/c1-17-8-12-19(13-9-17)23(29)24(20-14-10-18(2)11-15-20)31-25-27-26-16-28(25)21-6-4-5-7-22(21)30-3/h4-16,24H,1-3H3/t24-/m0/s1. The van der Waals surface area contributed by atoms with E-state index in [0.29, 0.717) is 16.5 Å². The Bertz CT molecular complexity index is 1180. The highest BCUT2D eigenvalue weighted by Crippen LogP contribution is 2.38. The van der Waals surface area contributed by atoms with Crippen molar-refractivity contribution >= 4 is 17.5 Å². The molecule has 5 nitrogen and oxygen atoms in total. The van der Waals surface area contributed by atoms with Gasteiger partial charge in [0.1, 0.15) is 17.3 Å². The maximum Gasteiger partial charge on any atom is 0.196 e. The van der Waals surface area contributed by atoms with Crippen LogP contribution in [0.4, 0.5) is 0 Å². The van der Waals surface area contributed by atoms with Crippen molar-refractivity contribution in [1.82, 2.24) is 14.8 Å². The second kappa shape index (κ2) is 9.18. The van der Waals surface area contributed by atoms with Crippen molar-refractivity contribution in [2.24, 2.45) is 0 Å². The Kier molecular flexibility index (Phi) is 6.18. The van der Waals surface area contributed by atoms with E-state index in [9.17, 15) is 4.79 Å². The molecular weight excluding hydrogens is 406 g/mol. The number of Topliss-reactive ketones (excluding diaryl/α,β-unsaturated/α-hetero) is 1. The second-order valence-electron chi connectivity index (χ2n) is 7.29. The molecule has 4 aromatic rings. The van der Waals surface area contributed by atoms with Crippen molar-refractivity contribution in [1.29, 1.82) is 0 Å². The lowest BCUT2D eigenvalue weighted by atomic mass is 10.0. The number of rotatable bonds is 7. The topological polar surface area (TPSA) is 57.0 Å². The van der Waals surface area contributed by atoms with Gasteiger partial charge in [0, 0.05) is 5.56 Å². The summed E-state index contributed by atoms with van der Waals surface area (Å²) in [6, 6.07) is 23.4. The molecule has 1 heterocycles. The smallest absolute Gasteiger partial charge is 0.196 e. The van der Waals surface area contributed by atoms with E-state index in [2.05, 4.69) is 10.2 Å². The molecule has 0 saturated heterocycles. The Morgan fingerprint density at radius 3 is 2.26 bits per heavy atom. The Labute approximate surface area is 186 Å². The van der Waals surface area contributed by atoms with E-state index in [1.165, 1.54) is 11.8 Å². The minimum atomic E-state index is -0.457. The number of carbonyl (C=O) groups excluding carboxylic acids is 1. The maximum absolute atomic E-state index is 13.5. The van der Waals surface area contributed by atoms with E-state index >= 15 is 0 Å². The number of carbonyl (C=O) groups is 1. The largest absolute Gasteiger partial charge is 0.495 e. The van der Waals surface area contributed by atoms with Crippen LogP contribution in [0.3, 0.4) is 0 Å². The number of ether oxygens (including phenoxy) is 1. The lowest BCUT2D eigenvalue weighted by Crippen LogP contribution is -2.11. The molecule has 4 rings (SSSR count). The SMILES string of the molecule is COc1ccccc1-n1cnnc1S[C@H](C(=O)c1ccc(C)cc1)c1ccc(C)cc1. The molecule has 0 fully saturated rings. The number of methoxy groups -OCH3 is 1. The second-order valence-corrected chi connectivity index (χ2v) is 8.37. The average Bonchev–Trinajstić information content (AvgIpc) is 3.26. The molecule has 1 atom stereocenters. The predicted octanol–water partition coefficient (Wildman–Crippen LogP) is 5.61. The first-order valence-corrected chi connectivity index (χ1v) is 10.8. The summed E-state index contributed by atoms with van der Waals surface area (Å²) in [5, 5.41) is 8.58. The van der Waals surface area contributed by atoms with Crippen molar-refractivity contribution in [3.05, 3.63) is 101 Å². The molecule has 0 aliphatic rings. The zero-order chi connectivity index (χ0) is 21.8. The molecule has 1 aromatic heterocycles. The molecular formula is C25H23N3O2S. The van der Waals surface area contributed by atoms with Gasteiger partial charge in [-0.15, -0.1) is 10.2 Å². The molecule has 0 radical (unpaired) electrons. The summed E-state index contributed by atoms with van der Waals surface area (Å²) >= 11 is 1.39. The van der Waals surface area contributed by atoms with Crippen LogP contribution in [-0.2, 0) is 0 Å². The van der Waals surface area contributed by atoms with Gasteiger partial charge >= 0.3 is 0 Å². The molecule has 6 heteroatoms. The van der Waals surface area contributed by atoms with Crippen LogP contribution in [0.5, 0.6) is 5.75 Å². The third-order valence-corrected chi connectivity index (χ3v) is 6.25. The van der Waals surface area contributed by atoms with Gasteiger partial charge in [-0.2, -0.15) is 0 Å². The number of thioether (sulfide) groups is 1. The zero-order valence-corrected chi connectivity index (χ0v) is 18.5. The molecule has 0 saturated carbocycles. The van der Waals surface area contributed by atoms with Crippen LogP contribution >= 0.6 is 11.8 Å². The van der Waals surface area contributed by atoms with E-state index in [1.54, 1.807) is 13.4 Å². The average molecular weight is 430 g/mol. The van der Waals surface area contributed by atoms with Crippen molar-refractivity contribution in [2.75, 3.05) is 7.11 Å². The van der Waals surface area contributed by atoms with Gasteiger partial charge in [-0.05, 0) is 31.5 Å². The molecule has 0 spiro atoms. The number of aryl methyl sites for hydroxylation is 2. The summed E-state index contributed by atoms with van der Waals surface area (Å²) in [6.07, 6.45) is 1.64. The molecule has 0 amide bonds. The van der Waals surface area contributed by atoms with Crippen LogP contribution < -0.4 is 4.74 Å². The Hall–Kier alpha value is -3.38. The molecule has 3 aromatic carbocycles. The molecule has 0 bridgehead atoms. The first kappa shape index (κ1) is 20.9. The Morgan fingerprint density at radius 1 is 0.935 bits per heavy atom.